The van der Waals surface area contributed by atoms with E-state index in [9.17, 15) is 4.79 Å². The molecule has 1 N–H and O–H groups in total. The van der Waals surface area contributed by atoms with E-state index in [-0.39, 0.29) is 6.09 Å². The number of ether oxygens (including phenoxy) is 1. The van der Waals surface area contributed by atoms with Gasteiger partial charge in [-0.3, -0.25) is 9.88 Å². The van der Waals surface area contributed by atoms with Crippen LogP contribution >= 0.6 is 0 Å². The number of carbonyl (C=O) groups excluding carboxylic acids is 1. The van der Waals surface area contributed by atoms with Crippen molar-refractivity contribution in [1.29, 1.82) is 0 Å². The zero-order chi connectivity index (χ0) is 19.4. The molecular formula is C20H29N5O2. The summed E-state index contributed by atoms with van der Waals surface area (Å²) in [5, 5.41) is 4.47. The maximum Gasteiger partial charge on any atom is 0.410 e. The van der Waals surface area contributed by atoms with Gasteiger partial charge in [0.15, 0.2) is 0 Å². The normalized spacial score (nSPS) is 15.8. The number of fused-ring (bicyclic) bond motifs is 1. The average Bonchev–Trinajstić information content (AvgIpc) is 2.61. The molecule has 2 aromatic heterocycles. The second-order valence-electron chi connectivity index (χ2n) is 7.90. The van der Waals surface area contributed by atoms with Crippen LogP contribution in [0.25, 0.3) is 10.9 Å². The Balaban J connectivity index is 1.44. The molecule has 0 aliphatic carbocycles. The molecule has 27 heavy (non-hydrogen) atoms. The first-order chi connectivity index (χ1) is 12.8. The summed E-state index contributed by atoms with van der Waals surface area (Å²) in [5.41, 5.74) is 1.51. The van der Waals surface area contributed by atoms with E-state index < -0.39 is 5.60 Å². The van der Waals surface area contributed by atoms with Gasteiger partial charge in [-0.25, -0.2) is 9.78 Å². The number of aryl methyl sites for hydroxylation is 1. The number of rotatable bonds is 4. The van der Waals surface area contributed by atoms with Crippen LogP contribution < -0.4 is 5.32 Å². The molecule has 146 valence electrons. The van der Waals surface area contributed by atoms with E-state index in [1.54, 1.807) is 11.1 Å². The summed E-state index contributed by atoms with van der Waals surface area (Å²) in [6.07, 6.45) is 1.57. The first-order valence-electron chi connectivity index (χ1n) is 9.48. The SMILES string of the molecule is Cc1nccc2nc(NCCN3CCN(C(=O)OC(C)(C)C)CC3)ccc12. The Labute approximate surface area is 160 Å². The molecule has 1 aliphatic heterocycles. The lowest BCUT2D eigenvalue weighted by Crippen LogP contribution is -2.50. The quantitative estimate of drug-likeness (QED) is 0.891. The van der Waals surface area contributed by atoms with Crippen LogP contribution in [0.2, 0.25) is 0 Å². The molecule has 1 aliphatic rings. The average molecular weight is 371 g/mol. The van der Waals surface area contributed by atoms with Gasteiger partial charge in [0.1, 0.15) is 11.4 Å². The van der Waals surface area contributed by atoms with E-state index in [1.165, 1.54) is 0 Å². The highest BCUT2D eigenvalue weighted by Crippen LogP contribution is 2.17. The second-order valence-corrected chi connectivity index (χ2v) is 7.90. The lowest BCUT2D eigenvalue weighted by atomic mass is 10.2. The minimum Gasteiger partial charge on any atom is -0.444 e. The van der Waals surface area contributed by atoms with Crippen molar-refractivity contribution >= 4 is 22.8 Å². The molecule has 3 heterocycles. The van der Waals surface area contributed by atoms with Crippen molar-refractivity contribution in [2.45, 2.75) is 33.3 Å². The monoisotopic (exact) mass is 371 g/mol. The molecule has 7 nitrogen and oxygen atoms in total. The number of hydrogen-bond donors (Lipinski definition) is 1. The van der Waals surface area contributed by atoms with E-state index in [1.807, 2.05) is 39.8 Å². The Morgan fingerprint density at radius 1 is 1.19 bits per heavy atom. The van der Waals surface area contributed by atoms with Crippen molar-refractivity contribution in [2.24, 2.45) is 0 Å². The van der Waals surface area contributed by atoms with Crippen LogP contribution in [0.4, 0.5) is 10.6 Å². The first kappa shape index (κ1) is 19.4. The van der Waals surface area contributed by atoms with Crippen molar-refractivity contribution < 1.29 is 9.53 Å². The van der Waals surface area contributed by atoms with Crippen LogP contribution in [0.1, 0.15) is 26.5 Å². The Morgan fingerprint density at radius 2 is 1.93 bits per heavy atom. The standard InChI is InChI=1S/C20H29N5O2/c1-15-16-5-6-18(23-17(16)7-8-21-15)22-9-10-24-11-13-25(14-12-24)19(26)27-20(2,3)4/h5-8H,9-14H2,1-4H3,(H,22,23). The van der Waals surface area contributed by atoms with E-state index in [2.05, 4.69) is 26.3 Å². The lowest BCUT2D eigenvalue weighted by Gasteiger charge is -2.35. The van der Waals surface area contributed by atoms with E-state index >= 15 is 0 Å². The minimum atomic E-state index is -0.445. The van der Waals surface area contributed by atoms with Gasteiger partial charge >= 0.3 is 6.09 Å². The van der Waals surface area contributed by atoms with Crippen LogP contribution in [0.5, 0.6) is 0 Å². The molecule has 0 saturated carbocycles. The lowest BCUT2D eigenvalue weighted by molar-refractivity contribution is 0.0148. The molecule has 0 atom stereocenters. The molecule has 1 amide bonds. The predicted molar refractivity (Wildman–Crippen MR) is 107 cm³/mol. The molecule has 0 aromatic carbocycles. The van der Waals surface area contributed by atoms with Gasteiger partial charge in [-0.2, -0.15) is 0 Å². The highest BCUT2D eigenvalue weighted by molar-refractivity contribution is 5.81. The summed E-state index contributed by atoms with van der Waals surface area (Å²) in [6.45, 7) is 12.5. The zero-order valence-electron chi connectivity index (χ0n) is 16.7. The molecule has 0 radical (unpaired) electrons. The number of hydrogen-bond acceptors (Lipinski definition) is 6. The van der Waals surface area contributed by atoms with Crippen molar-refractivity contribution in [2.75, 3.05) is 44.6 Å². The number of anilines is 1. The summed E-state index contributed by atoms with van der Waals surface area (Å²) in [5.74, 6) is 0.875. The largest absolute Gasteiger partial charge is 0.444 e. The summed E-state index contributed by atoms with van der Waals surface area (Å²) in [6, 6.07) is 5.99. The van der Waals surface area contributed by atoms with Gasteiger partial charge in [0.2, 0.25) is 0 Å². The Bertz CT molecular complexity index is 795. The summed E-state index contributed by atoms with van der Waals surface area (Å²) < 4.78 is 5.44. The Hall–Kier alpha value is -2.41. The van der Waals surface area contributed by atoms with Gasteiger partial charge in [-0.15, -0.1) is 0 Å². The van der Waals surface area contributed by atoms with Gasteiger partial charge in [0, 0.05) is 56.5 Å². The molecule has 0 spiro atoms. The summed E-state index contributed by atoms with van der Waals surface area (Å²) >= 11 is 0. The number of nitrogens with zero attached hydrogens (tertiary/aromatic N) is 4. The van der Waals surface area contributed by atoms with Crippen LogP contribution in [-0.4, -0.2) is 70.7 Å². The number of aromatic nitrogens is 2. The number of carbonyl (C=O) groups is 1. The summed E-state index contributed by atoms with van der Waals surface area (Å²) in [7, 11) is 0. The smallest absolute Gasteiger partial charge is 0.410 e. The molecular weight excluding hydrogens is 342 g/mol. The third kappa shape index (κ3) is 5.29. The third-order valence-electron chi connectivity index (χ3n) is 4.57. The van der Waals surface area contributed by atoms with Gasteiger partial charge in [0.25, 0.3) is 0 Å². The highest BCUT2D eigenvalue weighted by atomic mass is 16.6. The number of nitrogens with one attached hydrogen (secondary N) is 1. The fraction of sp³-hybridized carbons (Fsp3) is 0.550. The molecule has 7 heteroatoms. The fourth-order valence-electron chi connectivity index (χ4n) is 3.12. The fourth-order valence-corrected chi connectivity index (χ4v) is 3.12. The number of piperazine rings is 1. The van der Waals surface area contributed by atoms with Crippen molar-refractivity contribution in [1.82, 2.24) is 19.8 Å². The molecule has 2 aromatic rings. The molecule has 1 saturated heterocycles. The van der Waals surface area contributed by atoms with Gasteiger partial charge < -0.3 is 15.0 Å². The highest BCUT2D eigenvalue weighted by Gasteiger charge is 2.25. The molecule has 1 fully saturated rings. The Kier molecular flexibility index (Phi) is 5.79. The van der Waals surface area contributed by atoms with Gasteiger partial charge in [0.05, 0.1) is 5.52 Å². The second kappa shape index (κ2) is 8.08. The van der Waals surface area contributed by atoms with Crippen LogP contribution in [0.15, 0.2) is 24.4 Å². The maximum atomic E-state index is 12.1. The van der Waals surface area contributed by atoms with E-state index in [0.717, 1.165) is 48.6 Å². The number of amides is 1. The zero-order valence-corrected chi connectivity index (χ0v) is 16.7. The minimum absolute atomic E-state index is 0.217. The van der Waals surface area contributed by atoms with Crippen LogP contribution in [0, 0.1) is 6.92 Å². The third-order valence-corrected chi connectivity index (χ3v) is 4.57. The topological polar surface area (TPSA) is 70.6 Å². The predicted octanol–water partition coefficient (Wildman–Crippen LogP) is 2.90. The van der Waals surface area contributed by atoms with Gasteiger partial charge in [-0.1, -0.05) is 0 Å². The molecule has 0 unspecified atom stereocenters. The maximum absolute atomic E-state index is 12.1. The Morgan fingerprint density at radius 3 is 2.63 bits per heavy atom. The van der Waals surface area contributed by atoms with Gasteiger partial charge in [-0.05, 0) is 45.9 Å². The van der Waals surface area contributed by atoms with E-state index in [0.29, 0.717) is 13.1 Å². The first-order valence-corrected chi connectivity index (χ1v) is 9.48. The molecule has 3 rings (SSSR count). The summed E-state index contributed by atoms with van der Waals surface area (Å²) in [4.78, 5) is 25.2. The van der Waals surface area contributed by atoms with Crippen LogP contribution in [-0.2, 0) is 4.74 Å². The number of pyridine rings is 2. The molecule has 0 bridgehead atoms. The van der Waals surface area contributed by atoms with Crippen LogP contribution in [0.3, 0.4) is 0 Å². The van der Waals surface area contributed by atoms with E-state index in [4.69, 9.17) is 4.74 Å². The van der Waals surface area contributed by atoms with Crippen molar-refractivity contribution in [3.8, 4) is 0 Å². The van der Waals surface area contributed by atoms with Crippen molar-refractivity contribution in [3.63, 3.8) is 0 Å². The van der Waals surface area contributed by atoms with Crippen molar-refractivity contribution in [3.05, 3.63) is 30.1 Å².